The molecule has 0 fully saturated rings. The summed E-state index contributed by atoms with van der Waals surface area (Å²) in [6.45, 7) is 4.42. The molecule has 1 atom stereocenters. The third-order valence-corrected chi connectivity index (χ3v) is 1.65. The van der Waals surface area contributed by atoms with Crippen LogP contribution in [0.5, 0.6) is 0 Å². The lowest BCUT2D eigenvalue weighted by Gasteiger charge is -2.07. The van der Waals surface area contributed by atoms with E-state index in [9.17, 15) is 0 Å². The molecule has 0 aliphatic heterocycles. The van der Waals surface area contributed by atoms with E-state index in [0.717, 1.165) is 5.69 Å². The van der Waals surface area contributed by atoms with Crippen LogP contribution in [0.25, 0.3) is 0 Å². The maximum absolute atomic E-state index is 9.01. The van der Waals surface area contributed by atoms with Crippen molar-refractivity contribution in [3.05, 3.63) is 29.8 Å². The van der Waals surface area contributed by atoms with Crippen molar-refractivity contribution in [2.45, 2.75) is 20.0 Å². The molecular weight excluding hydrogens is 150 g/mol. The van der Waals surface area contributed by atoms with Gasteiger partial charge in [-0.05, 0) is 26.0 Å². The molecule has 66 valence electrons. The van der Waals surface area contributed by atoms with E-state index in [0.29, 0.717) is 6.54 Å². The van der Waals surface area contributed by atoms with Crippen molar-refractivity contribution >= 4 is 5.69 Å². The quantitative estimate of drug-likeness (QED) is 0.715. The summed E-state index contributed by atoms with van der Waals surface area (Å²) in [7, 11) is 0. The highest BCUT2D eigenvalue weighted by atomic mass is 16.3. The van der Waals surface area contributed by atoms with Gasteiger partial charge in [0.05, 0.1) is 6.10 Å². The van der Waals surface area contributed by atoms with Gasteiger partial charge in [-0.3, -0.25) is 0 Å². The van der Waals surface area contributed by atoms with Crippen molar-refractivity contribution in [2.24, 2.45) is 0 Å². The normalized spacial score (nSPS) is 12.6. The lowest BCUT2D eigenvalue weighted by molar-refractivity contribution is 0.208. The molecule has 0 aromatic heterocycles. The molecule has 2 N–H and O–H groups in total. The van der Waals surface area contributed by atoms with E-state index in [1.165, 1.54) is 5.56 Å². The molecule has 0 saturated heterocycles. The molecule has 2 nitrogen and oxygen atoms in total. The predicted octanol–water partition coefficient (Wildman–Crippen LogP) is 1.79. The fourth-order valence-electron chi connectivity index (χ4n) is 0.937. The number of hydrogen-bond donors (Lipinski definition) is 2. The Morgan fingerprint density at radius 2 is 1.92 bits per heavy atom. The molecule has 0 spiro atoms. The van der Waals surface area contributed by atoms with Gasteiger partial charge in [0.25, 0.3) is 0 Å². The summed E-state index contributed by atoms with van der Waals surface area (Å²) in [5.41, 5.74) is 2.30. The number of nitrogens with one attached hydrogen (secondary N) is 1. The van der Waals surface area contributed by atoms with E-state index < -0.39 is 0 Å². The molecular formula is C10H15NO. The Morgan fingerprint density at radius 3 is 2.42 bits per heavy atom. The van der Waals surface area contributed by atoms with Crippen LogP contribution in [-0.2, 0) is 0 Å². The standard InChI is InChI=1S/C10H15NO/c1-8-3-5-10(6-4-8)11-7-9(2)12/h3-6,9,11-12H,7H2,1-2H3/t9-/m0/s1. The van der Waals surface area contributed by atoms with Gasteiger partial charge in [0, 0.05) is 12.2 Å². The summed E-state index contributed by atoms with van der Waals surface area (Å²) in [4.78, 5) is 0. The number of aliphatic hydroxyl groups excluding tert-OH is 1. The second-order valence-electron chi connectivity index (χ2n) is 3.10. The van der Waals surface area contributed by atoms with Crippen LogP contribution in [0.3, 0.4) is 0 Å². The Hall–Kier alpha value is -1.02. The Labute approximate surface area is 73.2 Å². The van der Waals surface area contributed by atoms with Crippen molar-refractivity contribution in [1.82, 2.24) is 0 Å². The average molecular weight is 165 g/mol. The van der Waals surface area contributed by atoms with Gasteiger partial charge < -0.3 is 10.4 Å². The first kappa shape index (κ1) is 9.07. The molecule has 2 heteroatoms. The second kappa shape index (κ2) is 4.12. The van der Waals surface area contributed by atoms with Gasteiger partial charge in [0.15, 0.2) is 0 Å². The highest BCUT2D eigenvalue weighted by Crippen LogP contribution is 2.07. The third kappa shape index (κ3) is 2.93. The average Bonchev–Trinajstić information content (AvgIpc) is 2.03. The molecule has 1 aromatic carbocycles. The summed E-state index contributed by atoms with van der Waals surface area (Å²) < 4.78 is 0. The van der Waals surface area contributed by atoms with Crippen LogP contribution in [0.1, 0.15) is 12.5 Å². The number of hydrogen-bond acceptors (Lipinski definition) is 2. The van der Waals surface area contributed by atoms with Gasteiger partial charge in [0.2, 0.25) is 0 Å². The number of anilines is 1. The molecule has 0 amide bonds. The Bertz CT molecular complexity index is 228. The first-order valence-corrected chi connectivity index (χ1v) is 4.17. The fraction of sp³-hybridized carbons (Fsp3) is 0.400. The highest BCUT2D eigenvalue weighted by molar-refractivity contribution is 5.44. The van der Waals surface area contributed by atoms with Gasteiger partial charge >= 0.3 is 0 Å². The zero-order valence-electron chi connectivity index (χ0n) is 7.54. The van der Waals surface area contributed by atoms with Gasteiger partial charge in [0.1, 0.15) is 0 Å². The molecule has 0 saturated carbocycles. The maximum atomic E-state index is 9.01. The minimum absolute atomic E-state index is 0.300. The molecule has 1 rings (SSSR count). The van der Waals surface area contributed by atoms with E-state index in [-0.39, 0.29) is 6.10 Å². The van der Waals surface area contributed by atoms with Crippen LogP contribution < -0.4 is 5.32 Å². The topological polar surface area (TPSA) is 32.3 Å². The zero-order chi connectivity index (χ0) is 8.97. The molecule has 1 aromatic rings. The smallest absolute Gasteiger partial charge is 0.0684 e. The summed E-state index contributed by atoms with van der Waals surface area (Å²) in [5.74, 6) is 0. The minimum Gasteiger partial charge on any atom is -0.392 e. The lowest BCUT2D eigenvalue weighted by atomic mass is 10.2. The van der Waals surface area contributed by atoms with Crippen molar-refractivity contribution in [1.29, 1.82) is 0 Å². The van der Waals surface area contributed by atoms with E-state index >= 15 is 0 Å². The zero-order valence-corrected chi connectivity index (χ0v) is 7.54. The summed E-state index contributed by atoms with van der Waals surface area (Å²) >= 11 is 0. The van der Waals surface area contributed by atoms with Crippen LogP contribution in [0.15, 0.2) is 24.3 Å². The van der Waals surface area contributed by atoms with Crippen molar-refractivity contribution in [3.63, 3.8) is 0 Å². The van der Waals surface area contributed by atoms with Crippen LogP contribution >= 0.6 is 0 Å². The van der Waals surface area contributed by atoms with Gasteiger partial charge in [-0.1, -0.05) is 17.7 Å². The number of rotatable bonds is 3. The fourth-order valence-corrected chi connectivity index (χ4v) is 0.937. The number of aryl methyl sites for hydroxylation is 1. The monoisotopic (exact) mass is 165 g/mol. The number of benzene rings is 1. The summed E-state index contributed by atoms with van der Waals surface area (Å²) in [5, 5.41) is 12.1. The molecule has 0 aliphatic rings. The Balaban J connectivity index is 2.48. The first-order chi connectivity index (χ1) is 5.68. The van der Waals surface area contributed by atoms with E-state index in [1.54, 1.807) is 6.92 Å². The molecule has 0 unspecified atom stereocenters. The van der Waals surface area contributed by atoms with Crippen molar-refractivity contribution in [3.8, 4) is 0 Å². The van der Waals surface area contributed by atoms with Crippen molar-refractivity contribution in [2.75, 3.05) is 11.9 Å². The number of aliphatic hydroxyl groups is 1. The molecule has 0 heterocycles. The lowest BCUT2D eigenvalue weighted by Crippen LogP contribution is -2.15. The Kier molecular flexibility index (Phi) is 3.11. The summed E-state index contributed by atoms with van der Waals surface area (Å²) in [6, 6.07) is 8.12. The van der Waals surface area contributed by atoms with Gasteiger partial charge in [-0.25, -0.2) is 0 Å². The van der Waals surface area contributed by atoms with Crippen LogP contribution in [0, 0.1) is 6.92 Å². The minimum atomic E-state index is -0.300. The van der Waals surface area contributed by atoms with Crippen LogP contribution in [0.2, 0.25) is 0 Å². The van der Waals surface area contributed by atoms with Crippen molar-refractivity contribution < 1.29 is 5.11 Å². The third-order valence-electron chi connectivity index (χ3n) is 1.65. The van der Waals surface area contributed by atoms with E-state index in [2.05, 4.69) is 12.2 Å². The highest BCUT2D eigenvalue weighted by Gasteiger charge is 1.94. The second-order valence-corrected chi connectivity index (χ2v) is 3.10. The van der Waals surface area contributed by atoms with Gasteiger partial charge in [-0.2, -0.15) is 0 Å². The molecule has 0 radical (unpaired) electrons. The molecule has 0 bridgehead atoms. The SMILES string of the molecule is Cc1ccc(NC[C@H](C)O)cc1. The maximum Gasteiger partial charge on any atom is 0.0684 e. The largest absolute Gasteiger partial charge is 0.392 e. The van der Waals surface area contributed by atoms with E-state index in [1.807, 2.05) is 24.3 Å². The molecule has 0 aliphatic carbocycles. The van der Waals surface area contributed by atoms with Crippen LogP contribution in [0.4, 0.5) is 5.69 Å². The molecule has 12 heavy (non-hydrogen) atoms. The van der Waals surface area contributed by atoms with E-state index in [4.69, 9.17) is 5.11 Å². The van der Waals surface area contributed by atoms with Gasteiger partial charge in [-0.15, -0.1) is 0 Å². The first-order valence-electron chi connectivity index (χ1n) is 4.17. The van der Waals surface area contributed by atoms with Crippen LogP contribution in [-0.4, -0.2) is 17.8 Å². The summed E-state index contributed by atoms with van der Waals surface area (Å²) in [6.07, 6.45) is -0.300. The Morgan fingerprint density at radius 1 is 1.33 bits per heavy atom. The predicted molar refractivity (Wildman–Crippen MR) is 51.3 cm³/mol.